The summed E-state index contributed by atoms with van der Waals surface area (Å²) in [6, 6.07) is 4.02. The minimum Gasteiger partial charge on any atom is -0.352 e. The van der Waals surface area contributed by atoms with Crippen molar-refractivity contribution in [3.05, 3.63) is 55.1 Å². The number of aromatic nitrogens is 10. The number of hydrogen-bond acceptors (Lipinski definition) is 9. The number of imidazole rings is 2. The molecule has 12 nitrogen and oxygen atoms in total. The molecule has 1 aliphatic rings. The van der Waals surface area contributed by atoms with Gasteiger partial charge in [-0.05, 0) is 19.1 Å². The van der Waals surface area contributed by atoms with Crippen LogP contribution in [0.5, 0.6) is 0 Å². The Balaban J connectivity index is 1.31. The van der Waals surface area contributed by atoms with Gasteiger partial charge in [-0.1, -0.05) is 0 Å². The normalized spacial score (nSPS) is 14.2. The summed E-state index contributed by atoms with van der Waals surface area (Å²) in [5.74, 6) is 1.39. The molecule has 0 atom stereocenters. The molecule has 1 aliphatic heterocycles. The maximum atomic E-state index is 5.92. The predicted octanol–water partition coefficient (Wildman–Crippen LogP) is 1.99. The van der Waals surface area contributed by atoms with Crippen molar-refractivity contribution >= 4 is 27.9 Å². The summed E-state index contributed by atoms with van der Waals surface area (Å²) < 4.78 is 1.91. The zero-order valence-electron chi connectivity index (χ0n) is 18.7. The topological polar surface area (TPSA) is 156 Å². The lowest BCUT2D eigenvalue weighted by atomic mass is 10.1. The SMILES string of the molecule is Cc1cn(-c2cncc3[nH]c(-c4n[nH]c5ccc(-c6cncc(N7CC(N)C7)n6)nc45)nc23)cn1. The summed E-state index contributed by atoms with van der Waals surface area (Å²) in [5, 5.41) is 7.55. The van der Waals surface area contributed by atoms with Gasteiger partial charge in [0.25, 0.3) is 0 Å². The minimum absolute atomic E-state index is 0.181. The molecule has 6 aromatic rings. The molecule has 0 aromatic carbocycles. The maximum Gasteiger partial charge on any atom is 0.161 e. The molecule has 7 heterocycles. The van der Waals surface area contributed by atoms with Crippen LogP contribution >= 0.6 is 0 Å². The van der Waals surface area contributed by atoms with Gasteiger partial charge in [-0.25, -0.2) is 19.9 Å². The number of pyridine rings is 2. The minimum atomic E-state index is 0.181. The standard InChI is InChI=1S/C23H20N12/c1-12-8-35(11-27-12)18-6-25-5-17-20(18)31-23(30-17)22-21-15(32-33-22)3-2-14(29-21)16-4-26-7-19(28-16)34-9-13(24)10-34/h2-8,11,13H,9-10,24H2,1H3,(H,30,31)(H,32,33). The lowest BCUT2D eigenvalue weighted by Gasteiger charge is -2.37. The first-order chi connectivity index (χ1) is 17.1. The molecule has 4 N–H and O–H groups in total. The highest BCUT2D eigenvalue weighted by atomic mass is 15.3. The summed E-state index contributed by atoms with van der Waals surface area (Å²) in [5.41, 5.74) is 12.7. The van der Waals surface area contributed by atoms with Crippen LogP contribution in [0.3, 0.4) is 0 Å². The Morgan fingerprint density at radius 2 is 1.83 bits per heavy atom. The van der Waals surface area contributed by atoms with Crippen molar-refractivity contribution < 1.29 is 0 Å². The van der Waals surface area contributed by atoms with Crippen molar-refractivity contribution in [1.82, 2.24) is 49.7 Å². The van der Waals surface area contributed by atoms with E-state index in [0.29, 0.717) is 28.4 Å². The van der Waals surface area contributed by atoms with Gasteiger partial charge in [0, 0.05) is 25.3 Å². The Morgan fingerprint density at radius 1 is 0.943 bits per heavy atom. The number of anilines is 1. The third kappa shape index (κ3) is 3.22. The third-order valence-electron chi connectivity index (χ3n) is 6.11. The van der Waals surface area contributed by atoms with Gasteiger partial charge in [0.05, 0.1) is 59.2 Å². The molecule has 1 fully saturated rings. The summed E-state index contributed by atoms with van der Waals surface area (Å²) >= 11 is 0. The predicted molar refractivity (Wildman–Crippen MR) is 130 cm³/mol. The molecule has 1 saturated heterocycles. The molecule has 0 saturated carbocycles. The molecule has 0 aliphatic carbocycles. The highest BCUT2D eigenvalue weighted by molar-refractivity contribution is 5.92. The molecule has 0 bridgehead atoms. The van der Waals surface area contributed by atoms with Gasteiger partial charge in [-0.15, -0.1) is 0 Å². The summed E-state index contributed by atoms with van der Waals surface area (Å²) in [6.45, 7) is 3.49. The van der Waals surface area contributed by atoms with Crippen LogP contribution in [-0.2, 0) is 0 Å². The second-order valence-electron chi connectivity index (χ2n) is 8.65. The molecule has 12 heteroatoms. The number of nitrogens with two attached hydrogens (primary N) is 1. The van der Waals surface area contributed by atoms with Crippen molar-refractivity contribution in [2.45, 2.75) is 13.0 Å². The van der Waals surface area contributed by atoms with E-state index in [9.17, 15) is 0 Å². The van der Waals surface area contributed by atoms with Gasteiger partial charge in [-0.3, -0.25) is 15.1 Å². The van der Waals surface area contributed by atoms with Gasteiger partial charge in [0.1, 0.15) is 22.5 Å². The second kappa shape index (κ2) is 7.40. The van der Waals surface area contributed by atoms with E-state index >= 15 is 0 Å². The molecule has 35 heavy (non-hydrogen) atoms. The van der Waals surface area contributed by atoms with Crippen molar-refractivity contribution in [3.8, 4) is 28.6 Å². The Bertz CT molecular complexity index is 1700. The Kier molecular flexibility index (Phi) is 4.17. The van der Waals surface area contributed by atoms with Crippen molar-refractivity contribution in [3.63, 3.8) is 0 Å². The largest absolute Gasteiger partial charge is 0.352 e. The zero-order valence-corrected chi connectivity index (χ0v) is 18.7. The molecule has 172 valence electrons. The van der Waals surface area contributed by atoms with Crippen molar-refractivity contribution in [2.75, 3.05) is 18.0 Å². The molecule has 6 aromatic heterocycles. The molecule has 7 rings (SSSR count). The van der Waals surface area contributed by atoms with Crippen LogP contribution in [0, 0.1) is 6.92 Å². The van der Waals surface area contributed by atoms with Crippen LogP contribution in [-0.4, -0.2) is 68.8 Å². The van der Waals surface area contributed by atoms with E-state index in [4.69, 9.17) is 20.7 Å². The fourth-order valence-corrected chi connectivity index (χ4v) is 4.31. The van der Waals surface area contributed by atoms with E-state index in [2.05, 4.69) is 35.0 Å². The highest BCUT2D eigenvalue weighted by Gasteiger charge is 2.25. The maximum absolute atomic E-state index is 5.92. The van der Waals surface area contributed by atoms with Gasteiger partial charge in [0.2, 0.25) is 0 Å². The molecule has 0 radical (unpaired) electrons. The number of H-pyrrole nitrogens is 2. The van der Waals surface area contributed by atoms with Crippen LogP contribution < -0.4 is 10.6 Å². The first-order valence-electron chi connectivity index (χ1n) is 11.2. The number of rotatable bonds is 4. The Hall–Kier alpha value is -4.71. The average molecular weight is 464 g/mol. The fourth-order valence-electron chi connectivity index (χ4n) is 4.31. The van der Waals surface area contributed by atoms with Gasteiger partial charge in [-0.2, -0.15) is 5.10 Å². The summed E-state index contributed by atoms with van der Waals surface area (Å²) in [6.07, 6.45) is 10.7. The van der Waals surface area contributed by atoms with Gasteiger partial charge in [0.15, 0.2) is 11.5 Å². The number of fused-ring (bicyclic) bond motifs is 2. The smallest absolute Gasteiger partial charge is 0.161 e. The van der Waals surface area contributed by atoms with Crippen LogP contribution in [0.1, 0.15) is 5.69 Å². The monoisotopic (exact) mass is 464 g/mol. The van der Waals surface area contributed by atoms with Crippen LogP contribution in [0.4, 0.5) is 5.82 Å². The number of nitrogens with one attached hydrogen (secondary N) is 2. The molecular weight excluding hydrogens is 444 g/mol. The molecule has 0 amide bonds. The second-order valence-corrected chi connectivity index (χ2v) is 8.65. The van der Waals surface area contributed by atoms with Gasteiger partial charge < -0.3 is 20.2 Å². The fraction of sp³-hybridized carbons (Fsp3) is 0.174. The lowest BCUT2D eigenvalue weighted by Crippen LogP contribution is -2.56. The summed E-state index contributed by atoms with van der Waals surface area (Å²) in [4.78, 5) is 32.9. The van der Waals surface area contributed by atoms with Crippen molar-refractivity contribution in [2.24, 2.45) is 5.73 Å². The first-order valence-corrected chi connectivity index (χ1v) is 11.2. The highest BCUT2D eigenvalue weighted by Crippen LogP contribution is 2.29. The molecule has 0 spiro atoms. The first kappa shape index (κ1) is 19.7. The Morgan fingerprint density at radius 3 is 2.66 bits per heavy atom. The van der Waals surface area contributed by atoms with Crippen LogP contribution in [0.15, 0.2) is 49.4 Å². The lowest BCUT2D eigenvalue weighted by molar-refractivity contribution is 0.514. The van der Waals surface area contributed by atoms with E-state index in [1.807, 2.05) is 29.8 Å². The van der Waals surface area contributed by atoms with Crippen LogP contribution in [0.2, 0.25) is 0 Å². The van der Waals surface area contributed by atoms with E-state index < -0.39 is 0 Å². The van der Waals surface area contributed by atoms with E-state index in [1.165, 1.54) is 0 Å². The van der Waals surface area contributed by atoms with Gasteiger partial charge >= 0.3 is 0 Å². The third-order valence-corrected chi connectivity index (χ3v) is 6.11. The number of aryl methyl sites for hydroxylation is 1. The van der Waals surface area contributed by atoms with Crippen molar-refractivity contribution in [1.29, 1.82) is 0 Å². The zero-order chi connectivity index (χ0) is 23.5. The van der Waals surface area contributed by atoms with Crippen LogP contribution in [0.25, 0.3) is 50.7 Å². The van der Waals surface area contributed by atoms with E-state index in [-0.39, 0.29) is 6.04 Å². The Labute approximate surface area is 198 Å². The number of nitrogens with zero attached hydrogens (tertiary/aromatic N) is 9. The van der Waals surface area contributed by atoms with E-state index in [0.717, 1.165) is 46.8 Å². The van der Waals surface area contributed by atoms with E-state index in [1.54, 1.807) is 31.1 Å². The molecular formula is C23H20N12. The summed E-state index contributed by atoms with van der Waals surface area (Å²) in [7, 11) is 0. The quantitative estimate of drug-likeness (QED) is 0.355. The average Bonchev–Trinajstić information content (AvgIpc) is 3.59. The number of aromatic amines is 2. The molecule has 0 unspecified atom stereocenters. The number of hydrogen-bond donors (Lipinski definition) is 3.